The summed E-state index contributed by atoms with van der Waals surface area (Å²) in [4.78, 5) is 1.96. The van der Waals surface area contributed by atoms with E-state index in [1.165, 1.54) is 6.07 Å². The summed E-state index contributed by atoms with van der Waals surface area (Å²) in [6.45, 7) is 1.49. The van der Waals surface area contributed by atoms with E-state index in [9.17, 15) is 27.8 Å². The number of alkyl halides is 3. The van der Waals surface area contributed by atoms with Crippen LogP contribution in [0, 0.1) is 5.82 Å². The number of rotatable bonds is 2. The molecule has 1 aromatic carbocycles. The van der Waals surface area contributed by atoms with Gasteiger partial charge in [-0.3, -0.25) is 4.90 Å². The maximum Gasteiger partial charge on any atom is 0.416 e. The fourth-order valence-electron chi connectivity index (χ4n) is 3.51. The molecule has 0 aliphatic carbocycles. The molecule has 2 atom stereocenters. The van der Waals surface area contributed by atoms with E-state index in [0.717, 1.165) is 6.07 Å². The van der Waals surface area contributed by atoms with E-state index in [1.807, 2.05) is 4.90 Å². The average molecular weight is 363 g/mol. The minimum atomic E-state index is -4.55. The number of halogens is 4. The number of ether oxygens (including phenoxy) is 1. The molecule has 2 fully saturated rings. The summed E-state index contributed by atoms with van der Waals surface area (Å²) in [7, 11) is 0. The minimum absolute atomic E-state index is 0.0920. The highest BCUT2D eigenvalue weighted by Crippen LogP contribution is 2.36. The van der Waals surface area contributed by atoms with Crippen LogP contribution >= 0.6 is 0 Å². The van der Waals surface area contributed by atoms with Gasteiger partial charge in [-0.15, -0.1) is 0 Å². The van der Waals surface area contributed by atoms with Gasteiger partial charge in [0.1, 0.15) is 11.9 Å². The second-order valence-corrected chi connectivity index (χ2v) is 6.91. The van der Waals surface area contributed by atoms with Gasteiger partial charge in [-0.25, -0.2) is 4.39 Å². The number of hydrogen-bond donors (Lipinski definition) is 2. The summed E-state index contributed by atoms with van der Waals surface area (Å²) in [5.74, 6) is -0.859. The van der Waals surface area contributed by atoms with Crippen molar-refractivity contribution in [3.8, 4) is 0 Å². The van der Waals surface area contributed by atoms with Crippen LogP contribution in [0.25, 0.3) is 0 Å². The molecule has 1 spiro atoms. The van der Waals surface area contributed by atoms with Gasteiger partial charge >= 0.3 is 6.18 Å². The molecule has 140 valence electrons. The van der Waals surface area contributed by atoms with Crippen LogP contribution in [0.2, 0.25) is 0 Å². The van der Waals surface area contributed by atoms with E-state index in [4.69, 9.17) is 4.74 Å². The third-order valence-electron chi connectivity index (χ3n) is 5.13. The van der Waals surface area contributed by atoms with E-state index >= 15 is 0 Å². The third kappa shape index (κ3) is 4.13. The molecule has 2 saturated heterocycles. The maximum atomic E-state index is 14.0. The molecule has 8 heteroatoms. The van der Waals surface area contributed by atoms with Crippen molar-refractivity contribution in [2.75, 3.05) is 19.7 Å². The van der Waals surface area contributed by atoms with Crippen LogP contribution in [0.4, 0.5) is 17.6 Å². The SMILES string of the molecule is O[C@@H]1CC2(CCN(Cc3ccc(C(F)(F)F)cc3F)CC2)OC[C@@H]1O. The Balaban J connectivity index is 1.59. The zero-order valence-electron chi connectivity index (χ0n) is 13.6. The van der Waals surface area contributed by atoms with Gasteiger partial charge in [0.2, 0.25) is 0 Å². The second kappa shape index (κ2) is 6.83. The molecular formula is C17H21F4NO3. The molecule has 0 bridgehead atoms. The van der Waals surface area contributed by atoms with Crippen molar-refractivity contribution >= 4 is 0 Å². The monoisotopic (exact) mass is 363 g/mol. The highest BCUT2D eigenvalue weighted by Gasteiger charge is 2.43. The van der Waals surface area contributed by atoms with Crippen LogP contribution in [-0.2, 0) is 17.5 Å². The van der Waals surface area contributed by atoms with Crippen molar-refractivity contribution in [2.45, 2.75) is 49.8 Å². The lowest BCUT2D eigenvalue weighted by Gasteiger charge is -2.46. The molecule has 25 heavy (non-hydrogen) atoms. The predicted molar refractivity (Wildman–Crippen MR) is 81.2 cm³/mol. The highest BCUT2D eigenvalue weighted by atomic mass is 19.4. The fraction of sp³-hybridized carbons (Fsp3) is 0.647. The Morgan fingerprint density at radius 3 is 2.40 bits per heavy atom. The van der Waals surface area contributed by atoms with E-state index in [2.05, 4.69) is 0 Å². The minimum Gasteiger partial charge on any atom is -0.390 e. The van der Waals surface area contributed by atoms with Gasteiger partial charge in [0.25, 0.3) is 0 Å². The number of benzene rings is 1. The summed E-state index contributed by atoms with van der Waals surface area (Å²) >= 11 is 0. The van der Waals surface area contributed by atoms with Crippen LogP contribution in [0.15, 0.2) is 18.2 Å². The molecule has 0 aromatic heterocycles. The lowest BCUT2D eigenvalue weighted by molar-refractivity contribution is -0.188. The molecular weight excluding hydrogens is 342 g/mol. The fourth-order valence-corrected chi connectivity index (χ4v) is 3.51. The summed E-state index contributed by atoms with van der Waals surface area (Å²) in [5.41, 5.74) is -1.24. The highest BCUT2D eigenvalue weighted by molar-refractivity contribution is 5.26. The standard InChI is InChI=1S/C17H21F4NO3/c18-13-7-12(17(19,20)21)2-1-11(13)9-22-5-3-16(4-6-22)8-14(23)15(24)10-25-16/h1-2,7,14-15,23-24H,3-6,8-10H2/t14-,15+/m1/s1. The third-order valence-corrected chi connectivity index (χ3v) is 5.13. The van der Waals surface area contributed by atoms with Gasteiger partial charge < -0.3 is 14.9 Å². The van der Waals surface area contributed by atoms with Crippen molar-refractivity contribution in [2.24, 2.45) is 0 Å². The number of aliphatic hydroxyl groups excluding tert-OH is 2. The van der Waals surface area contributed by atoms with Crippen molar-refractivity contribution in [3.05, 3.63) is 35.1 Å². The van der Waals surface area contributed by atoms with Crippen LogP contribution < -0.4 is 0 Å². The number of aliphatic hydroxyl groups is 2. The molecule has 0 unspecified atom stereocenters. The molecule has 2 aliphatic heterocycles. The Bertz CT molecular complexity index is 614. The smallest absolute Gasteiger partial charge is 0.390 e. The number of likely N-dealkylation sites (tertiary alicyclic amines) is 1. The van der Waals surface area contributed by atoms with Crippen molar-refractivity contribution in [1.82, 2.24) is 4.90 Å². The molecule has 2 heterocycles. The Kier molecular flexibility index (Phi) is 5.07. The Morgan fingerprint density at radius 2 is 1.84 bits per heavy atom. The average Bonchev–Trinajstić information content (AvgIpc) is 2.54. The Hall–Kier alpha value is -1.22. The molecule has 0 radical (unpaired) electrons. The number of hydrogen-bond acceptors (Lipinski definition) is 4. The summed E-state index contributed by atoms with van der Waals surface area (Å²) in [6, 6.07) is 2.61. The molecule has 2 N–H and O–H groups in total. The summed E-state index contributed by atoms with van der Waals surface area (Å²) in [5, 5.41) is 19.4. The zero-order chi connectivity index (χ0) is 18.2. The first-order valence-electron chi connectivity index (χ1n) is 8.27. The number of nitrogens with zero attached hydrogens (tertiary/aromatic N) is 1. The van der Waals surface area contributed by atoms with Crippen LogP contribution in [0.3, 0.4) is 0 Å². The van der Waals surface area contributed by atoms with Gasteiger partial charge in [-0.05, 0) is 25.0 Å². The molecule has 4 nitrogen and oxygen atoms in total. The lowest BCUT2D eigenvalue weighted by atomic mass is 9.82. The van der Waals surface area contributed by atoms with Crippen LogP contribution in [0.5, 0.6) is 0 Å². The molecule has 0 amide bonds. The molecule has 3 rings (SSSR count). The topological polar surface area (TPSA) is 52.9 Å². The quantitative estimate of drug-likeness (QED) is 0.792. The Morgan fingerprint density at radius 1 is 1.16 bits per heavy atom. The van der Waals surface area contributed by atoms with Gasteiger partial charge in [0.05, 0.1) is 23.9 Å². The molecule has 1 aromatic rings. The van der Waals surface area contributed by atoms with Crippen molar-refractivity contribution in [3.63, 3.8) is 0 Å². The first-order valence-corrected chi connectivity index (χ1v) is 8.27. The van der Waals surface area contributed by atoms with E-state index in [0.29, 0.717) is 38.4 Å². The predicted octanol–water partition coefficient (Wildman–Crippen LogP) is 2.32. The summed E-state index contributed by atoms with van der Waals surface area (Å²) in [6.07, 6.45) is -4.63. The first kappa shape index (κ1) is 18.6. The van der Waals surface area contributed by atoms with Crippen LogP contribution in [-0.4, -0.2) is 52.6 Å². The van der Waals surface area contributed by atoms with Crippen molar-refractivity contribution in [1.29, 1.82) is 0 Å². The van der Waals surface area contributed by atoms with Crippen LogP contribution in [0.1, 0.15) is 30.4 Å². The maximum absolute atomic E-state index is 14.0. The normalized spacial score (nSPS) is 27.6. The van der Waals surface area contributed by atoms with Crippen molar-refractivity contribution < 1.29 is 32.5 Å². The number of piperidine rings is 1. The van der Waals surface area contributed by atoms with Gasteiger partial charge in [0, 0.05) is 31.6 Å². The summed E-state index contributed by atoms with van der Waals surface area (Å²) < 4.78 is 57.5. The second-order valence-electron chi connectivity index (χ2n) is 6.91. The van der Waals surface area contributed by atoms with E-state index < -0.39 is 35.4 Å². The zero-order valence-corrected chi connectivity index (χ0v) is 13.6. The van der Waals surface area contributed by atoms with Gasteiger partial charge in [-0.2, -0.15) is 13.2 Å². The van der Waals surface area contributed by atoms with Gasteiger partial charge in [0.15, 0.2) is 0 Å². The first-order chi connectivity index (χ1) is 11.7. The largest absolute Gasteiger partial charge is 0.416 e. The molecule has 0 saturated carbocycles. The Labute approximate surface area is 143 Å². The van der Waals surface area contributed by atoms with E-state index in [1.54, 1.807) is 0 Å². The van der Waals surface area contributed by atoms with Gasteiger partial charge in [-0.1, -0.05) is 6.07 Å². The lowest BCUT2D eigenvalue weighted by Crippen LogP contribution is -2.54. The molecule has 2 aliphatic rings. The van der Waals surface area contributed by atoms with E-state index in [-0.39, 0.29) is 18.7 Å².